The predicted octanol–water partition coefficient (Wildman–Crippen LogP) is 6.66. The normalized spacial score (nSPS) is 10.5. The maximum atomic E-state index is 5.35. The van der Waals surface area contributed by atoms with Gasteiger partial charge in [-0.3, -0.25) is 0 Å². The molecule has 1 N–H and O–H groups in total. The van der Waals surface area contributed by atoms with Crippen LogP contribution in [-0.2, 0) is 7.05 Å². The molecule has 0 amide bonds. The third kappa shape index (κ3) is 4.86. The van der Waals surface area contributed by atoms with Crippen LogP contribution in [0, 0.1) is 6.92 Å². The highest BCUT2D eigenvalue weighted by Crippen LogP contribution is 2.35. The van der Waals surface area contributed by atoms with Gasteiger partial charge in [-0.15, -0.1) is 0 Å². The van der Waals surface area contributed by atoms with Crippen LogP contribution in [0.1, 0.15) is 39.7 Å². The monoisotopic (exact) mass is 460 g/mol. The van der Waals surface area contributed by atoms with E-state index < -0.39 is 0 Å². The van der Waals surface area contributed by atoms with E-state index in [1.807, 2.05) is 26.0 Å². The molecule has 29 heavy (non-hydrogen) atoms. The van der Waals surface area contributed by atoms with Gasteiger partial charge in [0, 0.05) is 24.6 Å². The minimum Gasteiger partial charge on any atom is -0.497 e. The summed E-state index contributed by atoms with van der Waals surface area (Å²) in [5.74, 6) is 1.65. The summed E-state index contributed by atoms with van der Waals surface area (Å²) in [6, 6.07) is 10.3. The number of anilines is 3. The van der Waals surface area contributed by atoms with E-state index >= 15 is 0 Å². The number of halogens is 1. The van der Waals surface area contributed by atoms with Crippen molar-refractivity contribution in [3.63, 3.8) is 0 Å². The van der Waals surface area contributed by atoms with Crippen molar-refractivity contribution < 1.29 is 4.74 Å². The maximum Gasteiger partial charge on any atom is 0.208 e. The number of imidazole rings is 1. The zero-order valence-electron chi connectivity index (χ0n) is 18.6. The van der Waals surface area contributed by atoms with Gasteiger partial charge in [-0.25, -0.2) is 4.98 Å². The average molecular weight is 461 g/mol. The number of methoxy groups -OCH3 is 1. The quantitative estimate of drug-likeness (QED) is 0.427. The summed E-state index contributed by atoms with van der Waals surface area (Å²) in [4.78, 5) is 7.25. The Bertz CT molecular complexity index is 928. The molecule has 6 heteroatoms. The topological polar surface area (TPSA) is 42.3 Å². The number of fused-ring (bicyclic) bond motifs is 1. The number of rotatable bonds is 7. The summed E-state index contributed by atoms with van der Waals surface area (Å²) in [5, 5.41) is 3.50. The number of aryl methyl sites for hydroxylation is 2. The number of aromatic nitrogens is 2. The van der Waals surface area contributed by atoms with Gasteiger partial charge in [0.1, 0.15) is 5.75 Å². The molecule has 0 bridgehead atoms. The molecule has 3 aromatic rings. The fraction of sp³-hybridized carbons (Fsp3) is 0.435. The lowest BCUT2D eigenvalue weighted by atomic mass is 10.2. The van der Waals surface area contributed by atoms with Crippen molar-refractivity contribution in [2.75, 3.05) is 30.4 Å². The second kappa shape index (κ2) is 10.5. The van der Waals surface area contributed by atoms with Gasteiger partial charge >= 0.3 is 0 Å². The first-order valence-electron chi connectivity index (χ1n) is 10.3. The average Bonchev–Trinajstić information content (AvgIpc) is 3.06. The fourth-order valence-electron chi connectivity index (χ4n) is 3.43. The largest absolute Gasteiger partial charge is 0.497 e. The highest BCUT2D eigenvalue weighted by atomic mass is 79.9. The second-order valence-corrected chi connectivity index (χ2v) is 7.50. The van der Waals surface area contributed by atoms with E-state index in [9.17, 15) is 0 Å². The molecule has 0 saturated carbocycles. The van der Waals surface area contributed by atoms with Gasteiger partial charge in [-0.2, -0.15) is 0 Å². The molecule has 0 aliphatic carbocycles. The van der Waals surface area contributed by atoms with Crippen molar-refractivity contribution in [3.8, 4) is 5.75 Å². The van der Waals surface area contributed by atoms with Crippen molar-refractivity contribution in [1.29, 1.82) is 0 Å². The molecule has 1 aromatic heterocycles. The Morgan fingerprint density at radius 1 is 1.21 bits per heavy atom. The first kappa shape index (κ1) is 23.1. The van der Waals surface area contributed by atoms with E-state index in [0.29, 0.717) is 0 Å². The van der Waals surface area contributed by atoms with Crippen molar-refractivity contribution in [1.82, 2.24) is 9.55 Å². The number of nitrogens with one attached hydrogen (secondary N) is 1. The third-order valence-corrected chi connectivity index (χ3v) is 5.45. The van der Waals surface area contributed by atoms with Crippen LogP contribution >= 0.6 is 15.9 Å². The molecule has 0 saturated heterocycles. The molecular formula is C23H33BrN4O. The van der Waals surface area contributed by atoms with Crippen LogP contribution in [0.2, 0.25) is 0 Å². The molecule has 3 rings (SSSR count). The van der Waals surface area contributed by atoms with Crippen LogP contribution < -0.4 is 15.0 Å². The number of ether oxygens (including phenoxy) is 1. The Kier molecular flexibility index (Phi) is 8.38. The number of hydrogen-bond donors (Lipinski definition) is 1. The van der Waals surface area contributed by atoms with Crippen LogP contribution in [0.25, 0.3) is 11.0 Å². The predicted molar refractivity (Wildman–Crippen MR) is 129 cm³/mol. The first-order chi connectivity index (χ1) is 14.0. The summed E-state index contributed by atoms with van der Waals surface area (Å²) in [5.41, 5.74) is 5.46. The van der Waals surface area contributed by atoms with Gasteiger partial charge in [0.25, 0.3) is 0 Å². The van der Waals surface area contributed by atoms with E-state index in [0.717, 1.165) is 58.0 Å². The molecule has 158 valence electrons. The van der Waals surface area contributed by atoms with E-state index in [1.54, 1.807) is 7.11 Å². The highest BCUT2D eigenvalue weighted by Gasteiger charge is 2.16. The van der Waals surface area contributed by atoms with Crippen molar-refractivity contribution in [2.45, 2.75) is 41.0 Å². The van der Waals surface area contributed by atoms with Gasteiger partial charge in [-0.1, -0.05) is 26.8 Å². The van der Waals surface area contributed by atoms with Gasteiger partial charge in [0.05, 0.1) is 29.5 Å². The van der Waals surface area contributed by atoms with Crippen molar-refractivity contribution >= 4 is 44.3 Å². The summed E-state index contributed by atoms with van der Waals surface area (Å²) < 4.78 is 8.44. The maximum absolute atomic E-state index is 5.35. The molecule has 2 aromatic carbocycles. The lowest BCUT2D eigenvalue weighted by molar-refractivity contribution is 0.414. The summed E-state index contributed by atoms with van der Waals surface area (Å²) in [6.45, 7) is 12.5. The Hall–Kier alpha value is -2.21. The lowest BCUT2D eigenvalue weighted by Gasteiger charge is -2.23. The molecule has 0 unspecified atom stereocenters. The summed E-state index contributed by atoms with van der Waals surface area (Å²) in [6.07, 6.45) is 1.12. The van der Waals surface area contributed by atoms with Crippen LogP contribution in [0.3, 0.4) is 0 Å². The minimum atomic E-state index is 0.818. The van der Waals surface area contributed by atoms with E-state index in [1.165, 1.54) is 5.69 Å². The Morgan fingerprint density at radius 2 is 1.93 bits per heavy atom. The van der Waals surface area contributed by atoms with Crippen molar-refractivity contribution in [2.24, 2.45) is 7.05 Å². The molecule has 0 atom stereocenters. The van der Waals surface area contributed by atoms with Crippen molar-refractivity contribution in [3.05, 3.63) is 40.4 Å². The SMILES string of the molecule is CC.CCCN(CC)c1cccc2nc(Nc3c(C)cc(OC)cc3Br)n(C)c12. The molecule has 0 aliphatic rings. The molecule has 0 fully saturated rings. The molecule has 0 spiro atoms. The molecular weight excluding hydrogens is 428 g/mol. The molecule has 5 nitrogen and oxygen atoms in total. The Labute approximate surface area is 183 Å². The van der Waals surface area contributed by atoms with Crippen LogP contribution in [0.4, 0.5) is 17.3 Å². The van der Waals surface area contributed by atoms with E-state index in [2.05, 4.69) is 76.7 Å². The number of hydrogen-bond acceptors (Lipinski definition) is 4. The molecule has 0 aliphatic heterocycles. The minimum absolute atomic E-state index is 0.818. The molecule has 1 heterocycles. The van der Waals surface area contributed by atoms with Gasteiger partial charge in [-0.05, 0) is 66.0 Å². The third-order valence-electron chi connectivity index (χ3n) is 4.82. The zero-order valence-corrected chi connectivity index (χ0v) is 20.2. The van der Waals surface area contributed by atoms with E-state index in [4.69, 9.17) is 9.72 Å². The first-order valence-corrected chi connectivity index (χ1v) is 11.1. The number of benzene rings is 2. The smallest absolute Gasteiger partial charge is 0.208 e. The summed E-state index contributed by atoms with van der Waals surface area (Å²) >= 11 is 3.65. The highest BCUT2D eigenvalue weighted by molar-refractivity contribution is 9.10. The standard InChI is InChI=1S/C21H27BrN4O.C2H6/c1-6-11-26(7-2)18-10-8-9-17-20(18)25(4)21(23-17)24-19-14(3)12-15(27-5)13-16(19)22;1-2/h8-10,12-13H,6-7,11H2,1-5H3,(H,23,24);1-2H3. The summed E-state index contributed by atoms with van der Waals surface area (Å²) in [7, 11) is 3.74. The van der Waals surface area contributed by atoms with E-state index in [-0.39, 0.29) is 0 Å². The number of para-hydroxylation sites is 1. The lowest BCUT2D eigenvalue weighted by Crippen LogP contribution is -2.24. The van der Waals surface area contributed by atoms with Gasteiger partial charge < -0.3 is 19.5 Å². The number of nitrogens with zero attached hydrogens (tertiary/aromatic N) is 3. The van der Waals surface area contributed by atoms with Gasteiger partial charge in [0.2, 0.25) is 5.95 Å². The molecule has 0 radical (unpaired) electrons. The van der Waals surface area contributed by atoms with Gasteiger partial charge in [0.15, 0.2) is 0 Å². The fourth-order valence-corrected chi connectivity index (χ4v) is 4.07. The van der Waals surface area contributed by atoms with Crippen LogP contribution in [-0.4, -0.2) is 29.8 Å². The van der Waals surface area contributed by atoms with Crippen LogP contribution in [0.5, 0.6) is 5.75 Å². The Balaban J connectivity index is 0.00000145. The Morgan fingerprint density at radius 3 is 2.52 bits per heavy atom. The second-order valence-electron chi connectivity index (χ2n) is 6.65. The van der Waals surface area contributed by atoms with Crippen LogP contribution in [0.15, 0.2) is 34.8 Å². The zero-order chi connectivity index (χ0) is 21.6.